The predicted molar refractivity (Wildman–Crippen MR) is 93.0 cm³/mol. The first-order valence-electron chi connectivity index (χ1n) is 8.23. The van der Waals surface area contributed by atoms with Crippen molar-refractivity contribution >= 4 is 11.9 Å². The van der Waals surface area contributed by atoms with Crippen LogP contribution in [0, 0.1) is 5.82 Å². The molecular formula is C19H18FNO6. The van der Waals surface area contributed by atoms with E-state index in [1.807, 2.05) is 0 Å². The number of ether oxygens (including phenoxy) is 3. The van der Waals surface area contributed by atoms with E-state index in [-0.39, 0.29) is 12.0 Å². The summed E-state index contributed by atoms with van der Waals surface area (Å²) in [5, 5.41) is 11.9. The second-order valence-electron chi connectivity index (χ2n) is 5.90. The van der Waals surface area contributed by atoms with Gasteiger partial charge in [0, 0.05) is 12.0 Å². The molecule has 0 saturated heterocycles. The van der Waals surface area contributed by atoms with Crippen molar-refractivity contribution in [2.45, 2.75) is 12.5 Å². The van der Waals surface area contributed by atoms with Crippen molar-refractivity contribution in [3.63, 3.8) is 0 Å². The van der Waals surface area contributed by atoms with Crippen molar-refractivity contribution in [1.29, 1.82) is 0 Å². The molecule has 1 aliphatic rings. The van der Waals surface area contributed by atoms with E-state index in [0.717, 1.165) is 0 Å². The molecule has 0 bridgehead atoms. The molecule has 0 aromatic heterocycles. The lowest BCUT2D eigenvalue weighted by Crippen LogP contribution is -2.42. The molecule has 27 heavy (non-hydrogen) atoms. The molecule has 1 amide bonds. The number of nitrogens with one attached hydrogen (secondary N) is 1. The number of methoxy groups -OCH3 is 1. The summed E-state index contributed by atoms with van der Waals surface area (Å²) in [5.41, 5.74) is 0.769. The van der Waals surface area contributed by atoms with Gasteiger partial charge in [-0.05, 0) is 29.8 Å². The highest BCUT2D eigenvalue weighted by molar-refractivity contribution is 5.97. The number of aliphatic carboxylic acids is 1. The number of halogens is 1. The third kappa shape index (κ3) is 4.28. The van der Waals surface area contributed by atoms with Gasteiger partial charge in [0.15, 0.2) is 11.5 Å². The summed E-state index contributed by atoms with van der Waals surface area (Å²) in [4.78, 5) is 24.1. The number of amides is 1. The molecule has 3 rings (SSSR count). The molecule has 1 atom stereocenters. The van der Waals surface area contributed by atoms with Gasteiger partial charge in [-0.2, -0.15) is 0 Å². The summed E-state index contributed by atoms with van der Waals surface area (Å²) in [7, 11) is 1.43. The Morgan fingerprint density at radius 3 is 2.59 bits per heavy atom. The highest BCUT2D eigenvalue weighted by atomic mass is 19.1. The van der Waals surface area contributed by atoms with Crippen LogP contribution in [0.3, 0.4) is 0 Å². The number of carboxylic acid groups (broad SMARTS) is 1. The Morgan fingerprint density at radius 2 is 1.93 bits per heavy atom. The van der Waals surface area contributed by atoms with Gasteiger partial charge in [0.05, 0.1) is 7.11 Å². The number of carbonyl (C=O) groups is 2. The van der Waals surface area contributed by atoms with Crippen molar-refractivity contribution in [3.8, 4) is 17.2 Å². The maximum Gasteiger partial charge on any atom is 0.326 e. The zero-order chi connectivity index (χ0) is 19.4. The number of carboxylic acids is 1. The van der Waals surface area contributed by atoms with E-state index in [0.29, 0.717) is 36.0 Å². The molecule has 8 heteroatoms. The van der Waals surface area contributed by atoms with E-state index in [9.17, 15) is 19.1 Å². The normalized spacial score (nSPS) is 13.6. The van der Waals surface area contributed by atoms with Crippen LogP contribution in [0.25, 0.3) is 0 Å². The van der Waals surface area contributed by atoms with Gasteiger partial charge in [-0.3, -0.25) is 4.79 Å². The van der Waals surface area contributed by atoms with E-state index < -0.39 is 23.7 Å². The van der Waals surface area contributed by atoms with Crippen LogP contribution in [0.15, 0.2) is 36.4 Å². The Balaban J connectivity index is 1.79. The summed E-state index contributed by atoms with van der Waals surface area (Å²) < 4.78 is 29.2. The fraction of sp³-hybridized carbons (Fsp3) is 0.263. The van der Waals surface area contributed by atoms with Gasteiger partial charge in [-0.15, -0.1) is 0 Å². The molecule has 0 saturated carbocycles. The summed E-state index contributed by atoms with van der Waals surface area (Å²) in [5.74, 6) is -1.13. The number of carbonyl (C=O) groups excluding carboxylic acids is 1. The maximum absolute atomic E-state index is 13.0. The molecule has 1 heterocycles. The number of hydrogen-bond acceptors (Lipinski definition) is 5. The number of fused-ring (bicyclic) bond motifs is 1. The van der Waals surface area contributed by atoms with Crippen molar-refractivity contribution in [1.82, 2.24) is 5.32 Å². The topological polar surface area (TPSA) is 94.1 Å². The van der Waals surface area contributed by atoms with Crippen molar-refractivity contribution in [3.05, 3.63) is 53.3 Å². The zero-order valence-corrected chi connectivity index (χ0v) is 14.5. The van der Waals surface area contributed by atoms with Crippen molar-refractivity contribution in [2.75, 3.05) is 20.3 Å². The van der Waals surface area contributed by atoms with E-state index in [2.05, 4.69) is 5.32 Å². The second-order valence-corrected chi connectivity index (χ2v) is 5.90. The third-order valence-electron chi connectivity index (χ3n) is 4.05. The van der Waals surface area contributed by atoms with Crippen LogP contribution < -0.4 is 19.5 Å². The average molecular weight is 375 g/mol. The van der Waals surface area contributed by atoms with Crippen LogP contribution in [-0.2, 0) is 11.2 Å². The Morgan fingerprint density at radius 1 is 1.22 bits per heavy atom. The summed E-state index contributed by atoms with van der Waals surface area (Å²) in [6, 6.07) is 7.18. The van der Waals surface area contributed by atoms with Crippen LogP contribution in [0.4, 0.5) is 4.39 Å². The molecule has 2 aromatic rings. The number of hydrogen-bond donors (Lipinski definition) is 2. The Hall–Kier alpha value is -3.29. The van der Waals surface area contributed by atoms with Gasteiger partial charge in [0.2, 0.25) is 5.75 Å². The van der Waals surface area contributed by atoms with E-state index in [1.165, 1.54) is 43.5 Å². The molecule has 0 radical (unpaired) electrons. The highest BCUT2D eigenvalue weighted by Gasteiger charge is 2.25. The first-order chi connectivity index (χ1) is 13.0. The molecule has 1 aliphatic heterocycles. The van der Waals surface area contributed by atoms with Crippen LogP contribution >= 0.6 is 0 Å². The first kappa shape index (κ1) is 18.5. The van der Waals surface area contributed by atoms with Gasteiger partial charge in [-0.1, -0.05) is 12.1 Å². The monoisotopic (exact) mass is 375 g/mol. The van der Waals surface area contributed by atoms with Crippen LogP contribution in [0.5, 0.6) is 17.2 Å². The van der Waals surface area contributed by atoms with E-state index in [1.54, 1.807) is 0 Å². The Labute approximate surface area is 154 Å². The summed E-state index contributed by atoms with van der Waals surface area (Å²) in [6.45, 7) is 0.706. The quantitative estimate of drug-likeness (QED) is 0.802. The lowest BCUT2D eigenvalue weighted by Gasteiger charge is -2.22. The Bertz CT molecular complexity index is 835. The van der Waals surface area contributed by atoms with Gasteiger partial charge < -0.3 is 24.6 Å². The fourth-order valence-electron chi connectivity index (χ4n) is 2.70. The van der Waals surface area contributed by atoms with Crippen LogP contribution in [0.1, 0.15) is 15.9 Å². The fourth-order valence-corrected chi connectivity index (χ4v) is 2.70. The molecule has 0 aliphatic carbocycles. The number of rotatable bonds is 6. The minimum absolute atomic E-state index is 0.0169. The minimum atomic E-state index is -1.20. The lowest BCUT2D eigenvalue weighted by molar-refractivity contribution is -0.139. The van der Waals surface area contributed by atoms with Gasteiger partial charge >= 0.3 is 5.97 Å². The minimum Gasteiger partial charge on any atom is -0.493 e. The van der Waals surface area contributed by atoms with Crippen LogP contribution in [0.2, 0.25) is 0 Å². The molecular weight excluding hydrogens is 357 g/mol. The summed E-state index contributed by atoms with van der Waals surface area (Å²) in [6.07, 6.45) is 0.0169. The average Bonchev–Trinajstić information content (AvgIpc) is 2.68. The highest BCUT2D eigenvalue weighted by Crippen LogP contribution is 2.40. The molecule has 7 nitrogen and oxygen atoms in total. The first-order valence-corrected chi connectivity index (χ1v) is 8.23. The summed E-state index contributed by atoms with van der Waals surface area (Å²) >= 11 is 0. The zero-order valence-electron chi connectivity index (χ0n) is 14.5. The van der Waals surface area contributed by atoms with Gasteiger partial charge in [0.25, 0.3) is 5.91 Å². The van der Waals surface area contributed by atoms with Crippen molar-refractivity contribution in [2.24, 2.45) is 0 Å². The SMILES string of the molecule is COc1cc(C(=O)NC(Cc2ccc(F)cc2)C(=O)O)cc2c1OCCO2. The third-order valence-corrected chi connectivity index (χ3v) is 4.05. The standard InChI is InChI=1S/C19H18FNO6/c1-25-15-9-12(10-16-17(15)27-7-6-26-16)18(22)21-14(19(23)24)8-11-2-4-13(20)5-3-11/h2-5,9-10,14H,6-8H2,1H3,(H,21,22)(H,23,24). The molecule has 2 aromatic carbocycles. The Kier molecular flexibility index (Phi) is 5.44. The predicted octanol–water partition coefficient (Wildman–Crippen LogP) is 2.03. The van der Waals surface area contributed by atoms with E-state index >= 15 is 0 Å². The largest absolute Gasteiger partial charge is 0.493 e. The molecule has 2 N–H and O–H groups in total. The van der Waals surface area contributed by atoms with E-state index in [4.69, 9.17) is 14.2 Å². The molecule has 0 spiro atoms. The van der Waals surface area contributed by atoms with Gasteiger partial charge in [0.1, 0.15) is 25.1 Å². The number of benzene rings is 2. The second kappa shape index (κ2) is 7.94. The lowest BCUT2D eigenvalue weighted by atomic mass is 10.0. The van der Waals surface area contributed by atoms with Gasteiger partial charge in [-0.25, -0.2) is 9.18 Å². The molecule has 0 fully saturated rings. The molecule has 142 valence electrons. The van der Waals surface area contributed by atoms with Crippen LogP contribution in [-0.4, -0.2) is 43.3 Å². The molecule has 1 unspecified atom stereocenters. The maximum atomic E-state index is 13.0. The van der Waals surface area contributed by atoms with Crippen molar-refractivity contribution < 1.29 is 33.3 Å². The smallest absolute Gasteiger partial charge is 0.326 e.